The molecular weight excluding hydrogens is 288 g/mol. The molecule has 98 valence electrons. The van der Waals surface area contributed by atoms with Gasteiger partial charge >= 0.3 is 0 Å². The van der Waals surface area contributed by atoms with Gasteiger partial charge in [0, 0.05) is 40.2 Å². The van der Waals surface area contributed by atoms with Crippen LogP contribution in [0.5, 0.6) is 0 Å². The van der Waals surface area contributed by atoms with Crippen molar-refractivity contribution < 1.29 is 0 Å². The van der Waals surface area contributed by atoms with Crippen LogP contribution in [0.3, 0.4) is 0 Å². The van der Waals surface area contributed by atoms with Crippen LogP contribution in [0.4, 0.5) is 0 Å². The Morgan fingerprint density at radius 2 is 2.00 bits per heavy atom. The number of hydrogen-bond acceptors (Lipinski definition) is 1. The molecule has 18 heavy (non-hydrogen) atoms. The second-order valence-electron chi connectivity index (χ2n) is 4.97. The van der Waals surface area contributed by atoms with Gasteiger partial charge in [0.15, 0.2) is 0 Å². The maximum atomic E-state index is 3.64. The predicted molar refractivity (Wildman–Crippen MR) is 82.1 cm³/mol. The van der Waals surface area contributed by atoms with Crippen molar-refractivity contribution in [3.8, 4) is 0 Å². The van der Waals surface area contributed by atoms with E-state index in [4.69, 9.17) is 0 Å². The Kier molecular flexibility index (Phi) is 4.46. The summed E-state index contributed by atoms with van der Waals surface area (Å²) in [6.45, 7) is 7.70. The highest BCUT2D eigenvalue weighted by Gasteiger charge is 2.11. The highest BCUT2D eigenvalue weighted by molar-refractivity contribution is 9.10. The van der Waals surface area contributed by atoms with Crippen molar-refractivity contribution in [2.24, 2.45) is 0 Å². The summed E-state index contributed by atoms with van der Waals surface area (Å²) in [5.41, 5.74) is 1.29. The topological polar surface area (TPSA) is 17.0 Å². The molecule has 2 atom stereocenters. The number of halogens is 1. The highest BCUT2D eigenvalue weighted by Crippen LogP contribution is 2.28. The summed E-state index contributed by atoms with van der Waals surface area (Å²) in [7, 11) is 0. The molecule has 0 aliphatic carbocycles. The van der Waals surface area contributed by atoms with Crippen LogP contribution in [0.2, 0.25) is 0 Å². The zero-order valence-electron chi connectivity index (χ0n) is 11.3. The number of fused-ring (bicyclic) bond motifs is 1. The first kappa shape index (κ1) is 13.6. The van der Waals surface area contributed by atoms with Gasteiger partial charge < -0.3 is 9.88 Å². The second-order valence-corrected chi connectivity index (χ2v) is 5.82. The number of nitrogens with zero attached hydrogens (tertiary/aromatic N) is 1. The maximum absolute atomic E-state index is 3.64. The van der Waals surface area contributed by atoms with E-state index in [1.807, 2.05) is 0 Å². The van der Waals surface area contributed by atoms with E-state index in [-0.39, 0.29) is 0 Å². The lowest BCUT2D eigenvalue weighted by Crippen LogP contribution is -2.30. The van der Waals surface area contributed by atoms with E-state index in [1.165, 1.54) is 21.8 Å². The van der Waals surface area contributed by atoms with Gasteiger partial charge in [0.1, 0.15) is 0 Å². The lowest BCUT2D eigenvalue weighted by atomic mass is 10.2. The molecule has 1 aromatic heterocycles. The molecule has 1 aromatic carbocycles. The van der Waals surface area contributed by atoms with Gasteiger partial charge in [-0.3, -0.25) is 0 Å². The van der Waals surface area contributed by atoms with E-state index in [1.54, 1.807) is 0 Å². The fourth-order valence-corrected chi connectivity index (χ4v) is 2.70. The fraction of sp³-hybridized carbons (Fsp3) is 0.467. The van der Waals surface area contributed by atoms with Crippen LogP contribution in [-0.2, 0) is 0 Å². The zero-order chi connectivity index (χ0) is 13.1. The molecule has 0 aliphatic rings. The monoisotopic (exact) mass is 308 g/mol. The molecule has 2 rings (SSSR count). The Labute approximate surface area is 118 Å². The lowest BCUT2D eigenvalue weighted by molar-refractivity contribution is 0.452. The summed E-state index contributed by atoms with van der Waals surface area (Å²) in [6.07, 6.45) is 3.36. The van der Waals surface area contributed by atoms with Crippen molar-refractivity contribution in [1.82, 2.24) is 9.88 Å². The van der Waals surface area contributed by atoms with Crippen molar-refractivity contribution in [3.63, 3.8) is 0 Å². The molecule has 0 radical (unpaired) electrons. The van der Waals surface area contributed by atoms with Gasteiger partial charge in [-0.1, -0.05) is 25.1 Å². The summed E-state index contributed by atoms with van der Waals surface area (Å²) in [5.74, 6) is 0. The second kappa shape index (κ2) is 5.89. The number of hydrogen-bond donors (Lipinski definition) is 1. The van der Waals surface area contributed by atoms with Crippen molar-refractivity contribution in [2.45, 2.75) is 39.3 Å². The smallest absolute Gasteiger partial charge is 0.0495 e. The third kappa shape index (κ3) is 2.78. The van der Waals surface area contributed by atoms with Gasteiger partial charge in [-0.2, -0.15) is 0 Å². The number of nitrogens with one attached hydrogen (secondary N) is 1. The number of benzene rings is 1. The van der Waals surface area contributed by atoms with Crippen LogP contribution in [0.15, 0.2) is 34.9 Å². The van der Waals surface area contributed by atoms with Crippen molar-refractivity contribution >= 4 is 26.8 Å². The molecule has 1 N–H and O–H groups in total. The van der Waals surface area contributed by atoms with Crippen LogP contribution < -0.4 is 5.32 Å². The predicted octanol–water partition coefficient (Wildman–Crippen LogP) is 4.35. The third-order valence-electron chi connectivity index (χ3n) is 3.54. The molecule has 0 saturated heterocycles. The first-order chi connectivity index (χ1) is 8.63. The normalized spacial score (nSPS) is 14.9. The van der Waals surface area contributed by atoms with Crippen LogP contribution in [0.25, 0.3) is 10.9 Å². The first-order valence-electron chi connectivity index (χ1n) is 6.62. The highest BCUT2D eigenvalue weighted by atomic mass is 79.9. The molecule has 2 nitrogen and oxygen atoms in total. The van der Waals surface area contributed by atoms with E-state index in [2.05, 4.69) is 77.0 Å². The van der Waals surface area contributed by atoms with Gasteiger partial charge in [0.05, 0.1) is 0 Å². The molecule has 3 heteroatoms. The number of rotatable bonds is 5. The van der Waals surface area contributed by atoms with Crippen molar-refractivity contribution in [3.05, 3.63) is 34.9 Å². The summed E-state index contributed by atoms with van der Waals surface area (Å²) in [4.78, 5) is 0. The standard InChI is InChI=1S/C15H21BrN2/c1-4-11(2)17-9-12(3)18-10-14(16)13-7-5-6-8-15(13)18/h5-8,10-12,17H,4,9H2,1-3H3. The molecule has 0 amide bonds. The average Bonchev–Trinajstić information content (AvgIpc) is 2.74. The number of para-hydroxylation sites is 1. The summed E-state index contributed by atoms with van der Waals surface area (Å²) < 4.78 is 3.52. The molecular formula is C15H21BrN2. The Balaban J connectivity index is 2.20. The van der Waals surface area contributed by atoms with E-state index in [0.29, 0.717) is 12.1 Å². The van der Waals surface area contributed by atoms with Crippen LogP contribution >= 0.6 is 15.9 Å². The SMILES string of the molecule is CCC(C)NCC(C)n1cc(Br)c2ccccc21. The van der Waals surface area contributed by atoms with Gasteiger partial charge in [-0.05, 0) is 42.3 Å². The molecule has 1 heterocycles. The first-order valence-corrected chi connectivity index (χ1v) is 7.41. The van der Waals surface area contributed by atoms with Gasteiger partial charge in [-0.15, -0.1) is 0 Å². The third-order valence-corrected chi connectivity index (χ3v) is 4.17. The minimum Gasteiger partial charge on any atom is -0.342 e. The number of aromatic nitrogens is 1. The molecule has 0 fully saturated rings. The van der Waals surface area contributed by atoms with Crippen molar-refractivity contribution in [2.75, 3.05) is 6.54 Å². The summed E-state index contributed by atoms with van der Waals surface area (Å²) in [5, 5.41) is 4.85. The van der Waals surface area contributed by atoms with Crippen LogP contribution in [-0.4, -0.2) is 17.2 Å². The van der Waals surface area contributed by atoms with Gasteiger partial charge in [0.2, 0.25) is 0 Å². The van der Waals surface area contributed by atoms with E-state index in [9.17, 15) is 0 Å². The zero-order valence-corrected chi connectivity index (χ0v) is 12.9. The van der Waals surface area contributed by atoms with E-state index in [0.717, 1.165) is 6.54 Å². The maximum Gasteiger partial charge on any atom is 0.0495 e. The molecule has 0 spiro atoms. The van der Waals surface area contributed by atoms with E-state index >= 15 is 0 Å². The molecule has 0 bridgehead atoms. The summed E-state index contributed by atoms with van der Waals surface area (Å²) >= 11 is 3.64. The largest absolute Gasteiger partial charge is 0.342 e. The average molecular weight is 309 g/mol. The molecule has 2 unspecified atom stereocenters. The van der Waals surface area contributed by atoms with Gasteiger partial charge in [0.25, 0.3) is 0 Å². The Hall–Kier alpha value is -0.800. The Morgan fingerprint density at radius 1 is 1.28 bits per heavy atom. The van der Waals surface area contributed by atoms with Gasteiger partial charge in [-0.25, -0.2) is 0 Å². The minimum atomic E-state index is 0.454. The summed E-state index contributed by atoms with van der Waals surface area (Å²) in [6, 6.07) is 9.55. The fourth-order valence-electron chi connectivity index (χ4n) is 2.14. The molecule has 2 aromatic rings. The minimum absolute atomic E-state index is 0.454. The molecule has 0 saturated carbocycles. The quantitative estimate of drug-likeness (QED) is 0.868. The van der Waals surface area contributed by atoms with Crippen LogP contribution in [0, 0.1) is 0 Å². The van der Waals surface area contributed by atoms with Crippen LogP contribution in [0.1, 0.15) is 33.2 Å². The Bertz CT molecular complexity index is 518. The van der Waals surface area contributed by atoms with Crippen molar-refractivity contribution in [1.29, 1.82) is 0 Å². The Morgan fingerprint density at radius 3 is 2.72 bits per heavy atom. The molecule has 0 aliphatic heterocycles. The van der Waals surface area contributed by atoms with E-state index < -0.39 is 0 Å². The lowest BCUT2D eigenvalue weighted by Gasteiger charge is -2.19.